The first-order valence-electron chi connectivity index (χ1n) is 13.9. The Kier molecular flexibility index (Phi) is 8.25. The molecule has 0 spiro atoms. The van der Waals surface area contributed by atoms with Crippen molar-refractivity contribution in [3.05, 3.63) is 57.0 Å². The monoisotopic (exact) mass is 518 g/mol. The Morgan fingerprint density at radius 1 is 1.16 bits per heavy atom. The fourth-order valence-electron chi connectivity index (χ4n) is 6.05. The molecule has 0 radical (unpaired) electrons. The number of hydrogen-bond acceptors (Lipinski definition) is 4. The second-order valence-electron chi connectivity index (χ2n) is 10.5. The van der Waals surface area contributed by atoms with Crippen molar-refractivity contribution in [1.29, 1.82) is 5.26 Å². The molecule has 202 valence electrons. The van der Waals surface area contributed by atoms with Crippen LogP contribution in [0.5, 0.6) is 0 Å². The highest BCUT2D eigenvalue weighted by molar-refractivity contribution is 6.10. The summed E-state index contributed by atoms with van der Waals surface area (Å²) in [5.41, 5.74) is 3.60. The number of pyridine rings is 1. The molecular weight excluding hydrogens is 479 g/mol. The lowest BCUT2D eigenvalue weighted by Crippen LogP contribution is -2.37. The lowest BCUT2D eigenvalue weighted by molar-refractivity contribution is 0.109. The molecule has 1 aliphatic heterocycles. The Balaban J connectivity index is 0.00000164. The molecule has 2 N–H and O–H groups in total. The van der Waals surface area contributed by atoms with Gasteiger partial charge in [0.05, 0.1) is 28.6 Å². The van der Waals surface area contributed by atoms with Crippen LogP contribution < -0.4 is 5.43 Å². The van der Waals surface area contributed by atoms with Crippen LogP contribution in [0, 0.1) is 17.1 Å². The Morgan fingerprint density at radius 3 is 2.42 bits per heavy atom. The van der Waals surface area contributed by atoms with Crippen LogP contribution in [-0.4, -0.2) is 45.3 Å². The topological polar surface area (TPSA) is 85.0 Å². The fraction of sp³-hybridized carbons (Fsp3) is 0.484. The number of nitriles is 1. The summed E-state index contributed by atoms with van der Waals surface area (Å²) in [4.78, 5) is 19.4. The molecule has 7 heteroatoms. The summed E-state index contributed by atoms with van der Waals surface area (Å²) in [6.45, 7) is 14.1. The van der Waals surface area contributed by atoms with Gasteiger partial charge in [0.2, 0.25) is 0 Å². The van der Waals surface area contributed by atoms with Crippen molar-refractivity contribution in [3.8, 4) is 6.07 Å². The Hall–Kier alpha value is -3.21. The normalized spacial score (nSPS) is 15.7. The van der Waals surface area contributed by atoms with Gasteiger partial charge in [-0.1, -0.05) is 26.8 Å². The quantitative estimate of drug-likeness (QED) is 0.321. The van der Waals surface area contributed by atoms with E-state index in [1.807, 2.05) is 45.3 Å². The molecule has 2 aromatic heterocycles. The lowest BCUT2D eigenvalue weighted by atomic mass is 9.84. The second kappa shape index (κ2) is 11.3. The maximum atomic E-state index is 16.6. The third-order valence-corrected chi connectivity index (χ3v) is 7.64. The first kappa shape index (κ1) is 27.8. The zero-order valence-electron chi connectivity index (χ0n) is 23.4. The number of H-pyrrole nitrogens is 1. The van der Waals surface area contributed by atoms with Crippen LogP contribution in [0.4, 0.5) is 4.39 Å². The van der Waals surface area contributed by atoms with Gasteiger partial charge in [0.25, 0.3) is 0 Å². The summed E-state index contributed by atoms with van der Waals surface area (Å²) < 4.78 is 18.6. The van der Waals surface area contributed by atoms with Gasteiger partial charge in [-0.2, -0.15) is 5.26 Å². The average molecular weight is 519 g/mol. The zero-order chi connectivity index (χ0) is 27.7. The first-order chi connectivity index (χ1) is 18.2. The number of benzene rings is 2. The van der Waals surface area contributed by atoms with Crippen LogP contribution in [0.15, 0.2) is 29.1 Å². The first-order valence-corrected chi connectivity index (χ1v) is 13.9. The van der Waals surface area contributed by atoms with Gasteiger partial charge in [0.1, 0.15) is 5.65 Å². The van der Waals surface area contributed by atoms with Crippen LogP contribution in [0.25, 0.3) is 32.8 Å². The van der Waals surface area contributed by atoms with E-state index in [9.17, 15) is 15.2 Å². The highest BCUT2D eigenvalue weighted by atomic mass is 19.1. The van der Waals surface area contributed by atoms with Gasteiger partial charge < -0.3 is 19.6 Å². The lowest BCUT2D eigenvalue weighted by Gasteiger charge is -2.34. The SMILES string of the molecule is CC.CCc1cc2c(=O)c3c4ccc(C#N)cc4[nH]c3n(C(C)C)c2c(F)c1C1CCN(CC(C)O)CC1. The minimum absolute atomic E-state index is 0.0712. The van der Waals surface area contributed by atoms with Crippen molar-refractivity contribution in [1.82, 2.24) is 14.5 Å². The molecular formula is C31H39FN4O2. The Labute approximate surface area is 223 Å². The minimum atomic E-state index is -0.381. The van der Waals surface area contributed by atoms with E-state index in [4.69, 9.17) is 0 Å². The van der Waals surface area contributed by atoms with Gasteiger partial charge in [-0.25, -0.2) is 4.39 Å². The van der Waals surface area contributed by atoms with Gasteiger partial charge in [0, 0.05) is 28.9 Å². The molecule has 4 aromatic rings. The van der Waals surface area contributed by atoms with Crippen molar-refractivity contribution < 1.29 is 9.50 Å². The van der Waals surface area contributed by atoms with Crippen LogP contribution in [0.3, 0.4) is 0 Å². The summed E-state index contributed by atoms with van der Waals surface area (Å²) >= 11 is 0. The summed E-state index contributed by atoms with van der Waals surface area (Å²) in [6, 6.07) is 9.22. The maximum absolute atomic E-state index is 16.6. The number of aliphatic hydroxyl groups is 1. The number of piperidine rings is 1. The molecule has 1 saturated heterocycles. The number of hydrogen-bond donors (Lipinski definition) is 2. The number of likely N-dealkylation sites (tertiary alicyclic amines) is 1. The number of halogens is 1. The molecule has 0 aliphatic carbocycles. The van der Waals surface area contributed by atoms with Gasteiger partial charge in [-0.3, -0.25) is 4.79 Å². The number of rotatable bonds is 5. The predicted octanol–water partition coefficient (Wildman–Crippen LogP) is 6.38. The largest absolute Gasteiger partial charge is 0.392 e. The molecule has 2 aromatic carbocycles. The van der Waals surface area contributed by atoms with Gasteiger partial charge in [-0.05, 0) is 88.4 Å². The number of aryl methyl sites for hydroxylation is 1. The number of aromatic amines is 1. The van der Waals surface area contributed by atoms with Crippen LogP contribution >= 0.6 is 0 Å². The highest BCUT2D eigenvalue weighted by Crippen LogP contribution is 2.38. The summed E-state index contributed by atoms with van der Waals surface area (Å²) in [7, 11) is 0. The number of β-amino-alcohol motifs (C(OH)–C–C–N with tert-alkyl or cyclic N) is 1. The van der Waals surface area contributed by atoms with Gasteiger partial charge in [-0.15, -0.1) is 0 Å². The summed E-state index contributed by atoms with van der Waals surface area (Å²) in [5.74, 6) is -0.218. The molecule has 1 aliphatic rings. The van der Waals surface area contributed by atoms with E-state index >= 15 is 4.39 Å². The minimum Gasteiger partial charge on any atom is -0.392 e. The Morgan fingerprint density at radius 2 is 1.84 bits per heavy atom. The average Bonchev–Trinajstić information content (AvgIpc) is 3.29. The number of nitrogens with zero attached hydrogens (tertiary/aromatic N) is 3. The van der Waals surface area contributed by atoms with E-state index in [2.05, 4.69) is 16.0 Å². The standard InChI is InChI=1S/C29H33FN4O2.C2H6/c1-5-19-13-22-27(26(30)24(19)20-8-10-33(11-9-20)15-17(4)35)34(16(2)3)29-25(28(22)36)21-7-6-18(14-31)12-23(21)32-29;1-2/h6-7,12-13,16-17,20,32,35H,5,8-11,15H2,1-4H3;1-2H3. The molecule has 5 rings (SSSR count). The third-order valence-electron chi connectivity index (χ3n) is 7.64. The van der Waals surface area contributed by atoms with E-state index in [0.29, 0.717) is 46.0 Å². The summed E-state index contributed by atoms with van der Waals surface area (Å²) in [5, 5.41) is 20.8. The molecule has 38 heavy (non-hydrogen) atoms. The fourth-order valence-corrected chi connectivity index (χ4v) is 6.05. The van der Waals surface area contributed by atoms with Crippen molar-refractivity contribution in [2.75, 3.05) is 19.6 Å². The van der Waals surface area contributed by atoms with Crippen LogP contribution in [0.2, 0.25) is 0 Å². The van der Waals surface area contributed by atoms with Crippen molar-refractivity contribution in [2.24, 2.45) is 0 Å². The van der Waals surface area contributed by atoms with E-state index in [-0.39, 0.29) is 29.3 Å². The molecule has 1 atom stereocenters. The molecule has 3 heterocycles. The molecule has 1 fully saturated rings. The van der Waals surface area contributed by atoms with Crippen molar-refractivity contribution >= 4 is 32.8 Å². The van der Waals surface area contributed by atoms with E-state index < -0.39 is 0 Å². The highest BCUT2D eigenvalue weighted by Gasteiger charge is 2.29. The number of fused-ring (bicyclic) bond motifs is 4. The van der Waals surface area contributed by atoms with Crippen molar-refractivity contribution in [2.45, 2.75) is 78.9 Å². The molecule has 0 bridgehead atoms. The van der Waals surface area contributed by atoms with E-state index in [1.165, 1.54) is 0 Å². The molecule has 0 saturated carbocycles. The predicted molar refractivity (Wildman–Crippen MR) is 153 cm³/mol. The number of aromatic nitrogens is 2. The van der Waals surface area contributed by atoms with E-state index in [1.54, 1.807) is 25.1 Å². The smallest absolute Gasteiger partial charge is 0.199 e. The maximum Gasteiger partial charge on any atom is 0.199 e. The van der Waals surface area contributed by atoms with Gasteiger partial charge >= 0.3 is 0 Å². The zero-order valence-corrected chi connectivity index (χ0v) is 23.4. The third kappa shape index (κ3) is 4.72. The van der Waals surface area contributed by atoms with E-state index in [0.717, 1.165) is 42.4 Å². The van der Waals surface area contributed by atoms with Crippen LogP contribution in [-0.2, 0) is 6.42 Å². The van der Waals surface area contributed by atoms with Gasteiger partial charge in [0.15, 0.2) is 11.2 Å². The number of nitrogens with one attached hydrogen (secondary N) is 1. The number of aliphatic hydroxyl groups excluding tert-OH is 1. The molecule has 0 amide bonds. The molecule has 6 nitrogen and oxygen atoms in total. The summed E-state index contributed by atoms with van der Waals surface area (Å²) in [6.07, 6.45) is 1.90. The van der Waals surface area contributed by atoms with Crippen LogP contribution in [0.1, 0.15) is 83.0 Å². The van der Waals surface area contributed by atoms with Crippen molar-refractivity contribution in [3.63, 3.8) is 0 Å². The molecule has 1 unspecified atom stereocenters. The Bertz CT molecular complexity index is 1570. The second-order valence-corrected chi connectivity index (χ2v) is 10.5.